The van der Waals surface area contributed by atoms with Gasteiger partial charge in [0.15, 0.2) is 0 Å². The van der Waals surface area contributed by atoms with Gasteiger partial charge in [-0.2, -0.15) is 26.3 Å². The van der Waals surface area contributed by atoms with E-state index >= 15 is 0 Å². The molecule has 3 N–H and O–H groups in total. The predicted molar refractivity (Wildman–Crippen MR) is 117 cm³/mol. The number of hydrogen-bond acceptors (Lipinski definition) is 6. The van der Waals surface area contributed by atoms with E-state index in [1.54, 1.807) is 0 Å². The van der Waals surface area contributed by atoms with Gasteiger partial charge in [-0.05, 0) is 56.6 Å². The highest BCUT2D eigenvalue weighted by Crippen LogP contribution is 2.20. The van der Waals surface area contributed by atoms with E-state index in [9.17, 15) is 31.1 Å². The highest BCUT2D eigenvalue weighted by atomic mass is 19.4. The first kappa shape index (κ1) is 32.9. The second-order valence-corrected chi connectivity index (χ2v) is 7.12. The standard InChI is InChI=1S/C17H25N3O2.C2HF3O2.CHF3.CH2O2/c21-17-14-18-8-12-20(17)15-4-6-16(7-5-15)22-13-3-11-19-9-1-2-10-19;3-2(4,5)1(6)7;2-1(3)4;2-1-3/h4-7,18H,1-3,8-14H2;(H,6,7);1H;1H,(H,2,3). The van der Waals surface area contributed by atoms with Gasteiger partial charge in [-0.1, -0.05) is 0 Å². The van der Waals surface area contributed by atoms with Crippen LogP contribution in [0.5, 0.6) is 5.75 Å². The fraction of sp³-hybridized carbons (Fsp3) is 0.571. The molecule has 1 aromatic carbocycles. The number of piperazine rings is 1. The largest absolute Gasteiger partial charge is 0.494 e. The second-order valence-electron chi connectivity index (χ2n) is 7.12. The van der Waals surface area contributed by atoms with Crippen LogP contribution in [0.2, 0.25) is 0 Å². The molecular formula is C21H29F6N3O6. The summed E-state index contributed by atoms with van der Waals surface area (Å²) < 4.78 is 66.5. The van der Waals surface area contributed by atoms with Crippen LogP contribution in [0.3, 0.4) is 0 Å². The van der Waals surface area contributed by atoms with Crippen LogP contribution in [0.15, 0.2) is 24.3 Å². The molecule has 2 aliphatic heterocycles. The number of aliphatic carboxylic acids is 1. The number of carbonyl (C=O) groups excluding carboxylic acids is 1. The van der Waals surface area contributed by atoms with E-state index in [1.807, 2.05) is 29.2 Å². The van der Waals surface area contributed by atoms with Crippen molar-refractivity contribution in [2.75, 3.05) is 50.8 Å². The van der Waals surface area contributed by atoms with Crippen molar-refractivity contribution in [3.05, 3.63) is 24.3 Å². The molecule has 0 saturated carbocycles. The van der Waals surface area contributed by atoms with Crippen molar-refractivity contribution in [2.24, 2.45) is 0 Å². The number of likely N-dealkylation sites (tertiary alicyclic amines) is 1. The predicted octanol–water partition coefficient (Wildman–Crippen LogP) is 3.00. The Labute approximate surface area is 203 Å². The first-order valence-electron chi connectivity index (χ1n) is 10.7. The highest BCUT2D eigenvalue weighted by Gasteiger charge is 2.38. The minimum Gasteiger partial charge on any atom is -0.494 e. The summed E-state index contributed by atoms with van der Waals surface area (Å²) in [5, 5.41) is 17.1. The zero-order valence-corrected chi connectivity index (χ0v) is 19.2. The van der Waals surface area contributed by atoms with E-state index in [1.165, 1.54) is 25.9 Å². The summed E-state index contributed by atoms with van der Waals surface area (Å²) in [7, 11) is 0. The Bertz CT molecular complexity index is 759. The Kier molecular flexibility index (Phi) is 16.7. The molecule has 0 aromatic heterocycles. The monoisotopic (exact) mass is 533 g/mol. The number of carboxylic acid groups (broad SMARTS) is 2. The first-order chi connectivity index (χ1) is 16.9. The van der Waals surface area contributed by atoms with Crippen LogP contribution >= 0.6 is 0 Å². The summed E-state index contributed by atoms with van der Waals surface area (Å²) in [6, 6.07) is 7.86. The Hall–Kier alpha value is -3.07. The van der Waals surface area contributed by atoms with Gasteiger partial charge in [-0.3, -0.25) is 9.59 Å². The van der Waals surface area contributed by atoms with Crippen LogP contribution in [0, 0.1) is 0 Å². The zero-order chi connectivity index (χ0) is 27.6. The average Bonchev–Trinajstić information content (AvgIpc) is 3.31. The highest BCUT2D eigenvalue weighted by molar-refractivity contribution is 5.95. The summed E-state index contributed by atoms with van der Waals surface area (Å²) in [5.74, 6) is -1.74. The molecule has 36 heavy (non-hydrogen) atoms. The number of hydrogen-bond donors (Lipinski definition) is 3. The van der Waals surface area contributed by atoms with Crippen molar-refractivity contribution in [3.63, 3.8) is 0 Å². The lowest BCUT2D eigenvalue weighted by Gasteiger charge is -2.27. The third-order valence-corrected chi connectivity index (χ3v) is 4.57. The quantitative estimate of drug-likeness (QED) is 0.290. The normalized spacial score (nSPS) is 15.5. The zero-order valence-electron chi connectivity index (χ0n) is 19.2. The Morgan fingerprint density at radius 1 is 1.11 bits per heavy atom. The lowest BCUT2D eigenvalue weighted by atomic mass is 10.2. The lowest BCUT2D eigenvalue weighted by Crippen LogP contribution is -2.48. The van der Waals surface area contributed by atoms with E-state index in [0.717, 1.165) is 44.1 Å². The van der Waals surface area contributed by atoms with Crippen LogP contribution in [0.25, 0.3) is 0 Å². The molecule has 15 heteroatoms. The number of rotatable bonds is 6. The molecule has 2 aliphatic rings. The number of nitrogens with zero attached hydrogens (tertiary/aromatic N) is 2. The van der Waals surface area contributed by atoms with E-state index in [0.29, 0.717) is 6.54 Å². The molecule has 3 rings (SSSR count). The second kappa shape index (κ2) is 18.2. The minimum absolute atomic E-state index is 0.130. The van der Waals surface area contributed by atoms with Gasteiger partial charge in [0.1, 0.15) is 5.75 Å². The molecule has 2 heterocycles. The Morgan fingerprint density at radius 3 is 2.06 bits per heavy atom. The molecule has 9 nitrogen and oxygen atoms in total. The van der Waals surface area contributed by atoms with E-state index < -0.39 is 18.8 Å². The van der Waals surface area contributed by atoms with Crippen LogP contribution in [0.4, 0.5) is 32.0 Å². The van der Waals surface area contributed by atoms with Crippen molar-refractivity contribution >= 4 is 24.0 Å². The maximum absolute atomic E-state index is 11.8. The van der Waals surface area contributed by atoms with E-state index in [-0.39, 0.29) is 12.4 Å². The number of anilines is 1. The fourth-order valence-corrected chi connectivity index (χ4v) is 3.09. The van der Waals surface area contributed by atoms with Crippen LogP contribution in [0.1, 0.15) is 19.3 Å². The average molecular weight is 533 g/mol. The molecule has 0 atom stereocenters. The van der Waals surface area contributed by atoms with Gasteiger partial charge in [-0.15, -0.1) is 0 Å². The molecule has 1 aromatic rings. The van der Waals surface area contributed by atoms with Gasteiger partial charge < -0.3 is 30.1 Å². The third kappa shape index (κ3) is 15.8. The number of ether oxygens (including phenoxy) is 1. The summed E-state index contributed by atoms with van der Waals surface area (Å²) >= 11 is 0. The minimum atomic E-state index is -5.08. The summed E-state index contributed by atoms with van der Waals surface area (Å²) in [6.45, 7) is 2.46. The van der Waals surface area contributed by atoms with Crippen molar-refractivity contribution in [3.8, 4) is 5.75 Å². The maximum Gasteiger partial charge on any atom is 0.490 e. The molecule has 0 unspecified atom stereocenters. The Morgan fingerprint density at radius 2 is 1.61 bits per heavy atom. The van der Waals surface area contributed by atoms with Gasteiger partial charge in [0, 0.05) is 25.3 Å². The number of carboxylic acids is 1. The summed E-state index contributed by atoms with van der Waals surface area (Å²) in [4.78, 5) is 33.4. The van der Waals surface area contributed by atoms with Gasteiger partial charge >= 0.3 is 18.8 Å². The fourth-order valence-electron chi connectivity index (χ4n) is 3.09. The molecule has 1 amide bonds. The smallest absolute Gasteiger partial charge is 0.490 e. The van der Waals surface area contributed by atoms with Crippen molar-refractivity contribution < 1.29 is 55.7 Å². The first-order valence-corrected chi connectivity index (χ1v) is 10.7. The number of benzene rings is 1. The van der Waals surface area contributed by atoms with Gasteiger partial charge in [0.25, 0.3) is 6.47 Å². The van der Waals surface area contributed by atoms with E-state index in [4.69, 9.17) is 24.5 Å². The number of alkyl halides is 6. The van der Waals surface area contributed by atoms with Crippen molar-refractivity contribution in [2.45, 2.75) is 32.1 Å². The Balaban J connectivity index is 0.000000726. The van der Waals surface area contributed by atoms with Gasteiger partial charge in [0.05, 0.1) is 13.2 Å². The van der Waals surface area contributed by atoms with Gasteiger partial charge in [-0.25, -0.2) is 4.79 Å². The summed E-state index contributed by atoms with van der Waals surface area (Å²) in [5.41, 5.74) is 0.955. The third-order valence-electron chi connectivity index (χ3n) is 4.57. The van der Waals surface area contributed by atoms with Crippen LogP contribution in [-0.2, 0) is 14.4 Å². The summed E-state index contributed by atoms with van der Waals surface area (Å²) in [6.07, 6.45) is -1.34. The van der Waals surface area contributed by atoms with Crippen molar-refractivity contribution in [1.29, 1.82) is 0 Å². The van der Waals surface area contributed by atoms with Crippen LogP contribution in [-0.4, -0.2) is 92.2 Å². The maximum atomic E-state index is 11.8. The van der Waals surface area contributed by atoms with Crippen molar-refractivity contribution in [1.82, 2.24) is 10.2 Å². The lowest BCUT2D eigenvalue weighted by molar-refractivity contribution is -0.192. The molecule has 206 valence electrons. The SMILES string of the molecule is FC(F)F.O=C(O)C(F)(F)F.O=C1CNCCN1c1ccc(OCCCN2CCCC2)cc1.O=CO. The molecule has 0 bridgehead atoms. The number of carbonyl (C=O) groups is 3. The topological polar surface area (TPSA) is 119 Å². The molecule has 0 aliphatic carbocycles. The molecule has 2 fully saturated rings. The number of amides is 1. The molecule has 0 radical (unpaired) electrons. The molecule has 2 saturated heterocycles. The molecule has 0 spiro atoms. The number of nitrogens with one attached hydrogen (secondary N) is 1. The number of halogens is 6. The van der Waals surface area contributed by atoms with E-state index in [2.05, 4.69) is 10.2 Å². The molecular weight excluding hydrogens is 504 g/mol. The van der Waals surface area contributed by atoms with Gasteiger partial charge in [0.2, 0.25) is 5.91 Å². The van der Waals surface area contributed by atoms with Crippen LogP contribution < -0.4 is 15.0 Å².